The predicted octanol–water partition coefficient (Wildman–Crippen LogP) is 1.59. The van der Waals surface area contributed by atoms with Gasteiger partial charge in [0.1, 0.15) is 5.82 Å². The molecular weight excluding hydrogens is 214 g/mol. The summed E-state index contributed by atoms with van der Waals surface area (Å²) in [6.45, 7) is 8.76. The molecule has 94 valence electrons. The number of nitrogens with one attached hydrogen (secondary N) is 1. The standard InChI is InChI=1S/C13H21N3O/c1-3-14-11(2)12-4-5-15-13(10-12)16-6-8-17-9-7-16/h4-5,10-11,14H,3,6-9H2,1-2H3. The molecule has 0 aromatic carbocycles. The highest BCUT2D eigenvalue weighted by atomic mass is 16.5. The molecule has 2 rings (SSSR count). The first-order valence-electron chi connectivity index (χ1n) is 6.33. The third kappa shape index (κ3) is 3.17. The van der Waals surface area contributed by atoms with Crippen molar-refractivity contribution in [1.82, 2.24) is 10.3 Å². The minimum Gasteiger partial charge on any atom is -0.378 e. The first kappa shape index (κ1) is 12.3. The molecule has 0 aliphatic carbocycles. The van der Waals surface area contributed by atoms with E-state index in [9.17, 15) is 0 Å². The van der Waals surface area contributed by atoms with E-state index in [1.165, 1.54) is 5.56 Å². The second-order valence-electron chi connectivity index (χ2n) is 4.33. The molecule has 17 heavy (non-hydrogen) atoms. The molecule has 1 aromatic heterocycles. The van der Waals surface area contributed by atoms with E-state index in [0.717, 1.165) is 38.7 Å². The van der Waals surface area contributed by atoms with Crippen LogP contribution < -0.4 is 10.2 Å². The van der Waals surface area contributed by atoms with Gasteiger partial charge in [-0.05, 0) is 31.2 Å². The van der Waals surface area contributed by atoms with E-state index in [4.69, 9.17) is 4.74 Å². The van der Waals surface area contributed by atoms with Gasteiger partial charge < -0.3 is 15.0 Å². The molecule has 1 atom stereocenters. The quantitative estimate of drug-likeness (QED) is 0.860. The molecule has 1 N–H and O–H groups in total. The number of aromatic nitrogens is 1. The number of rotatable bonds is 4. The van der Waals surface area contributed by atoms with E-state index in [2.05, 4.69) is 41.2 Å². The van der Waals surface area contributed by atoms with Crippen LogP contribution in [0.25, 0.3) is 0 Å². The number of pyridine rings is 1. The van der Waals surface area contributed by atoms with Crippen LogP contribution in [0, 0.1) is 0 Å². The fraction of sp³-hybridized carbons (Fsp3) is 0.615. The second-order valence-corrected chi connectivity index (χ2v) is 4.33. The van der Waals surface area contributed by atoms with Crippen molar-refractivity contribution in [3.8, 4) is 0 Å². The lowest BCUT2D eigenvalue weighted by atomic mass is 10.1. The Morgan fingerprint density at radius 1 is 1.47 bits per heavy atom. The first-order valence-corrected chi connectivity index (χ1v) is 6.33. The molecule has 0 saturated carbocycles. The van der Waals surface area contributed by atoms with E-state index < -0.39 is 0 Å². The zero-order valence-electron chi connectivity index (χ0n) is 10.6. The van der Waals surface area contributed by atoms with Crippen LogP contribution in [0.15, 0.2) is 18.3 Å². The van der Waals surface area contributed by atoms with Crippen LogP contribution in [0.4, 0.5) is 5.82 Å². The fourth-order valence-corrected chi connectivity index (χ4v) is 2.09. The minimum absolute atomic E-state index is 0.378. The average Bonchev–Trinajstić information content (AvgIpc) is 2.40. The van der Waals surface area contributed by atoms with Crippen molar-refractivity contribution >= 4 is 5.82 Å². The van der Waals surface area contributed by atoms with Crippen LogP contribution in [-0.2, 0) is 4.74 Å². The van der Waals surface area contributed by atoms with Gasteiger partial charge in [0.15, 0.2) is 0 Å². The van der Waals surface area contributed by atoms with Gasteiger partial charge in [0.25, 0.3) is 0 Å². The predicted molar refractivity (Wildman–Crippen MR) is 69.4 cm³/mol. The largest absolute Gasteiger partial charge is 0.378 e. The van der Waals surface area contributed by atoms with Crippen molar-refractivity contribution in [2.75, 3.05) is 37.7 Å². The zero-order valence-corrected chi connectivity index (χ0v) is 10.6. The van der Waals surface area contributed by atoms with E-state index in [1.807, 2.05) is 6.20 Å². The SMILES string of the molecule is CCNC(C)c1ccnc(N2CCOCC2)c1. The first-order chi connectivity index (χ1) is 8.31. The lowest BCUT2D eigenvalue weighted by Gasteiger charge is -2.28. The smallest absolute Gasteiger partial charge is 0.128 e. The maximum Gasteiger partial charge on any atom is 0.128 e. The number of hydrogen-bond acceptors (Lipinski definition) is 4. The third-order valence-corrected chi connectivity index (χ3v) is 3.11. The molecule has 1 aromatic rings. The monoisotopic (exact) mass is 235 g/mol. The maximum absolute atomic E-state index is 5.36. The summed E-state index contributed by atoms with van der Waals surface area (Å²) >= 11 is 0. The molecule has 1 aliphatic heterocycles. The number of hydrogen-bond donors (Lipinski definition) is 1. The van der Waals surface area contributed by atoms with Crippen molar-refractivity contribution in [3.05, 3.63) is 23.9 Å². The van der Waals surface area contributed by atoms with Gasteiger partial charge in [0, 0.05) is 25.3 Å². The van der Waals surface area contributed by atoms with Crippen LogP contribution >= 0.6 is 0 Å². The Kier molecular flexibility index (Phi) is 4.34. The summed E-state index contributed by atoms with van der Waals surface area (Å²) in [4.78, 5) is 6.73. The van der Waals surface area contributed by atoms with E-state index >= 15 is 0 Å². The number of nitrogens with zero attached hydrogens (tertiary/aromatic N) is 2. The fourth-order valence-electron chi connectivity index (χ4n) is 2.09. The van der Waals surface area contributed by atoms with Crippen LogP contribution in [0.5, 0.6) is 0 Å². The van der Waals surface area contributed by atoms with Gasteiger partial charge in [-0.1, -0.05) is 6.92 Å². The van der Waals surface area contributed by atoms with E-state index in [1.54, 1.807) is 0 Å². The highest BCUT2D eigenvalue weighted by molar-refractivity contribution is 5.42. The molecule has 2 heterocycles. The van der Waals surface area contributed by atoms with Gasteiger partial charge >= 0.3 is 0 Å². The van der Waals surface area contributed by atoms with Gasteiger partial charge in [-0.2, -0.15) is 0 Å². The Labute approximate surface area is 103 Å². The Balaban J connectivity index is 2.09. The van der Waals surface area contributed by atoms with Gasteiger partial charge in [-0.15, -0.1) is 0 Å². The third-order valence-electron chi connectivity index (χ3n) is 3.11. The number of anilines is 1. The van der Waals surface area contributed by atoms with Crippen molar-refractivity contribution in [2.45, 2.75) is 19.9 Å². The van der Waals surface area contributed by atoms with Crippen LogP contribution in [0.2, 0.25) is 0 Å². The Morgan fingerprint density at radius 3 is 2.94 bits per heavy atom. The summed E-state index contributed by atoms with van der Waals surface area (Å²) < 4.78 is 5.36. The molecule has 0 radical (unpaired) electrons. The zero-order chi connectivity index (χ0) is 12.1. The van der Waals surface area contributed by atoms with Crippen LogP contribution in [0.3, 0.4) is 0 Å². The van der Waals surface area contributed by atoms with Crippen molar-refractivity contribution < 1.29 is 4.74 Å². The highest BCUT2D eigenvalue weighted by Gasteiger charge is 2.13. The molecule has 0 spiro atoms. The lowest BCUT2D eigenvalue weighted by molar-refractivity contribution is 0.122. The maximum atomic E-state index is 5.36. The van der Waals surface area contributed by atoms with Crippen molar-refractivity contribution in [1.29, 1.82) is 0 Å². The Morgan fingerprint density at radius 2 is 2.24 bits per heavy atom. The molecule has 0 amide bonds. The molecule has 1 saturated heterocycles. The molecule has 4 heteroatoms. The second kappa shape index (κ2) is 5.98. The normalized spacial score (nSPS) is 18.1. The molecular formula is C13H21N3O. The average molecular weight is 235 g/mol. The minimum atomic E-state index is 0.378. The molecule has 1 unspecified atom stereocenters. The number of ether oxygens (including phenoxy) is 1. The molecule has 1 aliphatic rings. The van der Waals surface area contributed by atoms with E-state index in [-0.39, 0.29) is 0 Å². The summed E-state index contributed by atoms with van der Waals surface area (Å²) in [5.41, 5.74) is 1.29. The highest BCUT2D eigenvalue weighted by Crippen LogP contribution is 2.18. The number of morpholine rings is 1. The van der Waals surface area contributed by atoms with Gasteiger partial charge in [-0.3, -0.25) is 0 Å². The van der Waals surface area contributed by atoms with Gasteiger partial charge in [0.05, 0.1) is 13.2 Å². The summed E-state index contributed by atoms with van der Waals surface area (Å²) in [5.74, 6) is 1.07. The molecule has 4 nitrogen and oxygen atoms in total. The summed E-state index contributed by atoms with van der Waals surface area (Å²) in [5, 5.41) is 3.42. The molecule has 1 fully saturated rings. The van der Waals surface area contributed by atoms with Crippen molar-refractivity contribution in [2.24, 2.45) is 0 Å². The van der Waals surface area contributed by atoms with Crippen LogP contribution in [-0.4, -0.2) is 37.8 Å². The summed E-state index contributed by atoms with van der Waals surface area (Å²) in [6, 6.07) is 4.64. The van der Waals surface area contributed by atoms with E-state index in [0.29, 0.717) is 6.04 Å². The molecule has 0 bridgehead atoms. The Hall–Kier alpha value is -1.13. The van der Waals surface area contributed by atoms with Gasteiger partial charge in [0.2, 0.25) is 0 Å². The Bertz CT molecular complexity index is 350. The lowest BCUT2D eigenvalue weighted by Crippen LogP contribution is -2.36. The van der Waals surface area contributed by atoms with Gasteiger partial charge in [-0.25, -0.2) is 4.98 Å². The van der Waals surface area contributed by atoms with Crippen LogP contribution in [0.1, 0.15) is 25.5 Å². The summed E-state index contributed by atoms with van der Waals surface area (Å²) in [7, 11) is 0. The summed E-state index contributed by atoms with van der Waals surface area (Å²) in [6.07, 6.45) is 1.90. The van der Waals surface area contributed by atoms with Crippen molar-refractivity contribution in [3.63, 3.8) is 0 Å². The topological polar surface area (TPSA) is 37.4 Å².